The Bertz CT molecular complexity index is 749. The number of aryl methyl sites for hydroxylation is 1. The highest BCUT2D eigenvalue weighted by Gasteiger charge is 2.15. The first-order valence-electron chi connectivity index (χ1n) is 7.99. The van der Waals surface area contributed by atoms with Crippen LogP contribution in [0.4, 0.5) is 17.5 Å². The van der Waals surface area contributed by atoms with E-state index in [1.165, 1.54) is 11.1 Å². The summed E-state index contributed by atoms with van der Waals surface area (Å²) in [4.78, 5) is 15.7. The number of nitrogens with one attached hydrogen (secondary N) is 2. The van der Waals surface area contributed by atoms with Gasteiger partial charge in [0.15, 0.2) is 0 Å². The van der Waals surface area contributed by atoms with Gasteiger partial charge in [-0.25, -0.2) is 4.98 Å². The van der Waals surface area contributed by atoms with E-state index in [9.17, 15) is 0 Å². The number of nitrogens with zero attached hydrogens (tertiary/aromatic N) is 4. The molecular weight excluding hydrogens is 288 g/mol. The molecule has 0 spiro atoms. The highest BCUT2D eigenvalue weighted by molar-refractivity contribution is 5.86. The van der Waals surface area contributed by atoms with Crippen molar-refractivity contribution in [3.05, 3.63) is 41.1 Å². The maximum absolute atomic E-state index is 4.73. The Morgan fingerprint density at radius 3 is 2.96 bits per heavy atom. The number of anilines is 3. The number of benzene rings is 1. The number of hydrogen-bond donors (Lipinski definition) is 2. The summed E-state index contributed by atoms with van der Waals surface area (Å²) in [6.45, 7) is 6.65. The smallest absolute Gasteiger partial charge is 0.227 e. The Morgan fingerprint density at radius 1 is 1.22 bits per heavy atom. The van der Waals surface area contributed by atoms with Crippen molar-refractivity contribution < 1.29 is 0 Å². The predicted octanol–water partition coefficient (Wildman–Crippen LogP) is 1.87. The standard InChI is InChI=1S/C17H20N6/c1-12-9-20-17(23-6-4-18-5-7-23)22-16(12)21-15-3-2-13-10-19-11-14(13)8-15/h2-3,8-9,11,18H,4-7,10H2,1H3,(H,20,21,22). The first kappa shape index (κ1) is 14.1. The third kappa shape index (κ3) is 2.90. The highest BCUT2D eigenvalue weighted by atomic mass is 15.3. The number of rotatable bonds is 3. The first-order valence-corrected chi connectivity index (χ1v) is 7.99. The average Bonchev–Trinajstić information content (AvgIpc) is 3.05. The van der Waals surface area contributed by atoms with E-state index in [0.29, 0.717) is 0 Å². The molecule has 118 valence electrons. The molecule has 0 aliphatic carbocycles. The van der Waals surface area contributed by atoms with Crippen molar-refractivity contribution in [1.82, 2.24) is 15.3 Å². The van der Waals surface area contributed by atoms with Crippen molar-refractivity contribution in [3.8, 4) is 0 Å². The number of piperazine rings is 1. The molecule has 4 rings (SSSR count). The van der Waals surface area contributed by atoms with Crippen LogP contribution < -0.4 is 15.5 Å². The van der Waals surface area contributed by atoms with Gasteiger partial charge < -0.3 is 15.5 Å². The van der Waals surface area contributed by atoms with Gasteiger partial charge in [-0.3, -0.25) is 4.99 Å². The van der Waals surface area contributed by atoms with Crippen LogP contribution in [-0.2, 0) is 6.54 Å². The van der Waals surface area contributed by atoms with Gasteiger partial charge in [0, 0.05) is 49.8 Å². The van der Waals surface area contributed by atoms with Gasteiger partial charge in [-0.05, 0) is 30.2 Å². The molecule has 2 aromatic rings. The van der Waals surface area contributed by atoms with Gasteiger partial charge in [-0.1, -0.05) is 6.07 Å². The molecule has 6 heteroatoms. The van der Waals surface area contributed by atoms with Gasteiger partial charge in [0.2, 0.25) is 5.95 Å². The molecule has 1 fully saturated rings. The third-order valence-corrected chi connectivity index (χ3v) is 4.26. The third-order valence-electron chi connectivity index (χ3n) is 4.26. The molecule has 0 radical (unpaired) electrons. The van der Waals surface area contributed by atoms with Gasteiger partial charge in [-0.2, -0.15) is 4.98 Å². The Morgan fingerprint density at radius 2 is 2.09 bits per heavy atom. The van der Waals surface area contributed by atoms with Crippen LogP contribution in [0.25, 0.3) is 0 Å². The van der Waals surface area contributed by atoms with Gasteiger partial charge >= 0.3 is 0 Å². The van der Waals surface area contributed by atoms with E-state index < -0.39 is 0 Å². The number of aromatic nitrogens is 2. The van der Waals surface area contributed by atoms with Crippen LogP contribution in [0.15, 0.2) is 29.4 Å². The van der Waals surface area contributed by atoms with Crippen LogP contribution in [-0.4, -0.2) is 42.4 Å². The Labute approximate surface area is 135 Å². The fraction of sp³-hybridized carbons (Fsp3) is 0.353. The van der Waals surface area contributed by atoms with E-state index in [1.807, 2.05) is 19.3 Å². The van der Waals surface area contributed by atoms with Crippen LogP contribution >= 0.6 is 0 Å². The molecule has 2 aliphatic heterocycles. The molecule has 3 heterocycles. The first-order chi connectivity index (χ1) is 11.3. The van der Waals surface area contributed by atoms with Crippen molar-refractivity contribution >= 4 is 23.7 Å². The molecule has 1 saturated heterocycles. The molecule has 2 N–H and O–H groups in total. The molecular formula is C17H20N6. The summed E-state index contributed by atoms with van der Waals surface area (Å²) in [7, 11) is 0. The maximum Gasteiger partial charge on any atom is 0.227 e. The van der Waals surface area contributed by atoms with Gasteiger partial charge in [-0.15, -0.1) is 0 Å². The summed E-state index contributed by atoms with van der Waals surface area (Å²) in [6, 6.07) is 6.33. The van der Waals surface area contributed by atoms with Crippen LogP contribution in [0.5, 0.6) is 0 Å². The van der Waals surface area contributed by atoms with Crippen molar-refractivity contribution in [1.29, 1.82) is 0 Å². The molecule has 1 aromatic heterocycles. The highest BCUT2D eigenvalue weighted by Crippen LogP contribution is 2.24. The topological polar surface area (TPSA) is 65.4 Å². The summed E-state index contributed by atoms with van der Waals surface area (Å²) in [5.41, 5.74) is 4.53. The normalized spacial score (nSPS) is 16.5. The largest absolute Gasteiger partial charge is 0.340 e. The van der Waals surface area contributed by atoms with E-state index >= 15 is 0 Å². The quantitative estimate of drug-likeness (QED) is 0.906. The molecule has 0 atom stereocenters. The molecule has 1 aromatic carbocycles. The number of aliphatic imine (C=N–C) groups is 1. The Hall–Kier alpha value is -2.47. The fourth-order valence-corrected chi connectivity index (χ4v) is 2.89. The minimum Gasteiger partial charge on any atom is -0.340 e. The second-order valence-electron chi connectivity index (χ2n) is 5.95. The number of fused-ring (bicyclic) bond motifs is 1. The fourth-order valence-electron chi connectivity index (χ4n) is 2.89. The van der Waals surface area contributed by atoms with Crippen molar-refractivity contribution in [2.24, 2.45) is 4.99 Å². The molecule has 0 bridgehead atoms. The van der Waals surface area contributed by atoms with Crippen LogP contribution in [0.3, 0.4) is 0 Å². The van der Waals surface area contributed by atoms with E-state index in [0.717, 1.165) is 55.7 Å². The summed E-state index contributed by atoms with van der Waals surface area (Å²) < 4.78 is 0. The zero-order valence-corrected chi connectivity index (χ0v) is 13.2. The molecule has 6 nitrogen and oxygen atoms in total. The second-order valence-corrected chi connectivity index (χ2v) is 5.95. The van der Waals surface area contributed by atoms with E-state index in [2.05, 4.69) is 43.7 Å². The van der Waals surface area contributed by atoms with E-state index in [4.69, 9.17) is 4.98 Å². The predicted molar refractivity (Wildman–Crippen MR) is 92.9 cm³/mol. The Kier molecular flexibility index (Phi) is 3.67. The number of hydrogen-bond acceptors (Lipinski definition) is 6. The summed E-state index contributed by atoms with van der Waals surface area (Å²) >= 11 is 0. The van der Waals surface area contributed by atoms with Crippen molar-refractivity contribution in [2.45, 2.75) is 13.5 Å². The molecule has 2 aliphatic rings. The lowest BCUT2D eigenvalue weighted by Gasteiger charge is -2.27. The van der Waals surface area contributed by atoms with Crippen LogP contribution in [0.1, 0.15) is 16.7 Å². The zero-order chi connectivity index (χ0) is 15.6. The lowest BCUT2D eigenvalue weighted by molar-refractivity contribution is 0.580. The molecule has 0 saturated carbocycles. The zero-order valence-electron chi connectivity index (χ0n) is 13.2. The summed E-state index contributed by atoms with van der Waals surface area (Å²) in [5.74, 6) is 1.66. The molecule has 0 unspecified atom stereocenters. The van der Waals surface area contributed by atoms with E-state index in [-0.39, 0.29) is 0 Å². The van der Waals surface area contributed by atoms with Gasteiger partial charge in [0.1, 0.15) is 5.82 Å². The van der Waals surface area contributed by atoms with E-state index in [1.54, 1.807) is 0 Å². The molecule has 23 heavy (non-hydrogen) atoms. The molecule has 0 amide bonds. The maximum atomic E-state index is 4.73. The van der Waals surface area contributed by atoms with Crippen LogP contribution in [0, 0.1) is 6.92 Å². The van der Waals surface area contributed by atoms with Crippen molar-refractivity contribution in [2.75, 3.05) is 36.4 Å². The SMILES string of the molecule is Cc1cnc(N2CCNCC2)nc1Nc1ccc2c(c1)C=NC2. The summed E-state index contributed by atoms with van der Waals surface area (Å²) in [5, 5.41) is 6.78. The lowest BCUT2D eigenvalue weighted by atomic mass is 10.1. The summed E-state index contributed by atoms with van der Waals surface area (Å²) in [6.07, 6.45) is 3.82. The van der Waals surface area contributed by atoms with Crippen LogP contribution in [0.2, 0.25) is 0 Å². The minimum atomic E-state index is 0.787. The monoisotopic (exact) mass is 308 g/mol. The average molecular weight is 308 g/mol. The van der Waals surface area contributed by atoms with Crippen molar-refractivity contribution in [3.63, 3.8) is 0 Å². The van der Waals surface area contributed by atoms with Gasteiger partial charge in [0.05, 0.1) is 6.54 Å². The minimum absolute atomic E-state index is 0.787. The van der Waals surface area contributed by atoms with Gasteiger partial charge in [0.25, 0.3) is 0 Å². The lowest BCUT2D eigenvalue weighted by Crippen LogP contribution is -2.44. The second kappa shape index (κ2) is 5.96. The Balaban J connectivity index is 1.59.